The molecule has 1 aromatic heterocycles. The van der Waals surface area contributed by atoms with Crippen LogP contribution in [0.4, 0.5) is 0 Å². The highest BCUT2D eigenvalue weighted by Gasteiger charge is 2.17. The Bertz CT molecular complexity index is 468. The van der Waals surface area contributed by atoms with Crippen LogP contribution in [0.15, 0.2) is 34.9 Å². The first kappa shape index (κ1) is 9.99. The van der Waals surface area contributed by atoms with E-state index in [9.17, 15) is 0 Å². The number of fused-ring (bicyclic) bond motifs is 1. The van der Waals surface area contributed by atoms with Crippen LogP contribution in [-0.4, -0.2) is 12.5 Å². The minimum atomic E-state index is -1.26. The van der Waals surface area contributed by atoms with Gasteiger partial charge < -0.3 is 4.23 Å². The average Bonchev–Trinajstić information content (AvgIpc) is 2.45. The molecule has 0 N–H and O–H groups in total. The zero-order valence-corrected chi connectivity index (χ0v) is 11.3. The minimum absolute atomic E-state index is 1.15. The summed E-state index contributed by atoms with van der Waals surface area (Å²) in [5.41, 5.74) is 1.35. The van der Waals surface area contributed by atoms with Crippen LogP contribution in [0.25, 0.3) is 10.9 Å². The van der Waals surface area contributed by atoms with E-state index in [2.05, 4.69) is 70.3 Å². The smallest absolute Gasteiger partial charge is 0.152 e. The Morgan fingerprint density at radius 2 is 1.86 bits per heavy atom. The summed E-state index contributed by atoms with van der Waals surface area (Å²) in [4.78, 5) is 0. The lowest BCUT2D eigenvalue weighted by Gasteiger charge is -2.19. The van der Waals surface area contributed by atoms with Gasteiger partial charge in [0.1, 0.15) is 0 Å². The van der Waals surface area contributed by atoms with Gasteiger partial charge in [-0.3, -0.25) is 0 Å². The topological polar surface area (TPSA) is 4.93 Å². The van der Waals surface area contributed by atoms with Crippen molar-refractivity contribution < 1.29 is 0 Å². The van der Waals surface area contributed by atoms with Crippen molar-refractivity contribution in [2.75, 3.05) is 0 Å². The molecule has 2 aromatic rings. The van der Waals surface area contributed by atoms with E-state index in [4.69, 9.17) is 0 Å². The van der Waals surface area contributed by atoms with Crippen LogP contribution in [0.5, 0.6) is 0 Å². The van der Waals surface area contributed by atoms with Crippen LogP contribution in [0.3, 0.4) is 0 Å². The van der Waals surface area contributed by atoms with Gasteiger partial charge in [0.05, 0.1) is 0 Å². The molecule has 0 spiro atoms. The van der Waals surface area contributed by atoms with Gasteiger partial charge >= 0.3 is 0 Å². The molecule has 0 radical (unpaired) electrons. The lowest BCUT2D eigenvalue weighted by molar-refractivity contribution is 1.20. The summed E-state index contributed by atoms with van der Waals surface area (Å²) in [5, 5.41) is 1.32. The molecule has 0 bridgehead atoms. The van der Waals surface area contributed by atoms with Crippen molar-refractivity contribution in [1.82, 2.24) is 4.23 Å². The van der Waals surface area contributed by atoms with Gasteiger partial charge in [-0.2, -0.15) is 0 Å². The highest BCUT2D eigenvalue weighted by molar-refractivity contribution is 9.10. The quantitative estimate of drug-likeness (QED) is 0.686. The molecule has 0 aliphatic heterocycles. The first-order chi connectivity index (χ1) is 6.48. The Labute approximate surface area is 94.0 Å². The highest BCUT2D eigenvalue weighted by Crippen LogP contribution is 2.23. The second kappa shape index (κ2) is 3.24. The second-order valence-electron chi connectivity index (χ2n) is 4.56. The van der Waals surface area contributed by atoms with E-state index in [1.807, 2.05) is 0 Å². The molecule has 0 atom stereocenters. The minimum Gasteiger partial charge on any atom is -0.375 e. The number of aromatic nitrogens is 1. The summed E-state index contributed by atoms with van der Waals surface area (Å²) in [7, 11) is -1.26. The first-order valence-electron chi connectivity index (χ1n) is 4.75. The molecule has 14 heavy (non-hydrogen) atoms. The number of benzene rings is 1. The molecule has 0 saturated heterocycles. The zero-order valence-electron chi connectivity index (χ0n) is 8.71. The third-order valence-corrected chi connectivity index (χ3v) is 4.70. The van der Waals surface area contributed by atoms with Crippen molar-refractivity contribution >= 4 is 35.1 Å². The number of hydrogen-bond acceptors (Lipinski definition) is 0. The van der Waals surface area contributed by atoms with Gasteiger partial charge in [-0.25, -0.2) is 0 Å². The van der Waals surface area contributed by atoms with Gasteiger partial charge in [0, 0.05) is 9.99 Å². The molecular formula is C11H14BrNSi. The highest BCUT2D eigenvalue weighted by atomic mass is 79.9. The third kappa shape index (κ3) is 1.66. The summed E-state index contributed by atoms with van der Waals surface area (Å²) in [6.45, 7) is 7.07. The predicted octanol–water partition coefficient (Wildman–Crippen LogP) is 4.09. The third-order valence-electron chi connectivity index (χ3n) is 2.37. The normalized spacial score (nSPS) is 12.3. The monoisotopic (exact) mass is 267 g/mol. The fourth-order valence-electron chi connectivity index (χ4n) is 1.70. The SMILES string of the molecule is C[Si](C)(C)n1ccc2cc(Br)ccc21. The van der Waals surface area contributed by atoms with Crippen LogP contribution in [0.1, 0.15) is 0 Å². The van der Waals surface area contributed by atoms with Crippen molar-refractivity contribution in [3.63, 3.8) is 0 Å². The average molecular weight is 268 g/mol. The van der Waals surface area contributed by atoms with Crippen LogP contribution >= 0.6 is 15.9 Å². The molecule has 1 nitrogen and oxygen atoms in total. The van der Waals surface area contributed by atoms with Crippen molar-refractivity contribution in [2.24, 2.45) is 0 Å². The van der Waals surface area contributed by atoms with Gasteiger partial charge in [0.15, 0.2) is 8.24 Å². The zero-order chi connectivity index (χ0) is 10.3. The van der Waals surface area contributed by atoms with Crippen LogP contribution in [-0.2, 0) is 0 Å². The molecule has 2 rings (SSSR count). The summed E-state index contributed by atoms with van der Waals surface area (Å²) in [5.74, 6) is 0. The Morgan fingerprint density at radius 3 is 2.50 bits per heavy atom. The van der Waals surface area contributed by atoms with E-state index >= 15 is 0 Å². The molecular weight excluding hydrogens is 254 g/mol. The molecule has 0 unspecified atom stereocenters. The van der Waals surface area contributed by atoms with Crippen LogP contribution < -0.4 is 0 Å². The summed E-state index contributed by atoms with van der Waals surface area (Å²) < 4.78 is 3.59. The van der Waals surface area contributed by atoms with E-state index in [0.29, 0.717) is 0 Å². The molecule has 1 aromatic carbocycles. The van der Waals surface area contributed by atoms with Crippen molar-refractivity contribution in [2.45, 2.75) is 19.6 Å². The summed E-state index contributed by atoms with van der Waals surface area (Å²) >= 11 is 3.49. The Hall–Kier alpha value is -0.543. The van der Waals surface area contributed by atoms with E-state index in [-0.39, 0.29) is 0 Å². The molecule has 0 saturated carbocycles. The molecule has 3 heteroatoms. The van der Waals surface area contributed by atoms with Gasteiger partial charge in [-0.15, -0.1) is 0 Å². The lowest BCUT2D eigenvalue weighted by Crippen LogP contribution is -2.30. The van der Waals surface area contributed by atoms with Crippen molar-refractivity contribution in [3.8, 4) is 0 Å². The molecule has 0 aliphatic carbocycles. The molecule has 0 aliphatic rings. The van der Waals surface area contributed by atoms with Gasteiger partial charge in [0.2, 0.25) is 0 Å². The predicted molar refractivity (Wildman–Crippen MR) is 68.4 cm³/mol. The van der Waals surface area contributed by atoms with E-state index in [0.717, 1.165) is 4.47 Å². The van der Waals surface area contributed by atoms with E-state index < -0.39 is 8.24 Å². The number of rotatable bonds is 1. The molecule has 0 amide bonds. The lowest BCUT2D eigenvalue weighted by atomic mass is 10.3. The molecule has 74 valence electrons. The standard InChI is InChI=1S/C11H14BrNSi/c1-14(2,3)13-7-6-9-8-10(12)4-5-11(9)13/h4-8H,1-3H3. The van der Waals surface area contributed by atoms with E-state index in [1.165, 1.54) is 10.9 Å². The van der Waals surface area contributed by atoms with Crippen molar-refractivity contribution in [3.05, 3.63) is 34.9 Å². The van der Waals surface area contributed by atoms with Crippen molar-refractivity contribution in [1.29, 1.82) is 0 Å². The van der Waals surface area contributed by atoms with Gasteiger partial charge in [0.25, 0.3) is 0 Å². The second-order valence-corrected chi connectivity index (χ2v) is 10.3. The Kier molecular flexibility index (Phi) is 2.31. The largest absolute Gasteiger partial charge is 0.375 e. The van der Waals surface area contributed by atoms with E-state index in [1.54, 1.807) is 0 Å². The number of hydrogen-bond donors (Lipinski definition) is 0. The maximum Gasteiger partial charge on any atom is 0.152 e. The summed E-state index contributed by atoms with van der Waals surface area (Å²) in [6.07, 6.45) is 2.21. The Morgan fingerprint density at radius 1 is 1.14 bits per heavy atom. The van der Waals surface area contributed by atoms with Crippen LogP contribution in [0.2, 0.25) is 19.6 Å². The fraction of sp³-hybridized carbons (Fsp3) is 0.273. The van der Waals surface area contributed by atoms with Gasteiger partial charge in [-0.05, 0) is 35.8 Å². The van der Waals surface area contributed by atoms with Crippen LogP contribution in [0, 0.1) is 0 Å². The fourth-order valence-corrected chi connectivity index (χ4v) is 3.53. The molecule has 1 heterocycles. The van der Waals surface area contributed by atoms with Gasteiger partial charge in [-0.1, -0.05) is 35.6 Å². The maximum atomic E-state index is 3.49. The summed E-state index contributed by atoms with van der Waals surface area (Å²) in [6, 6.07) is 8.67. The first-order valence-corrected chi connectivity index (χ1v) is 8.99. The number of nitrogens with zero attached hydrogens (tertiary/aromatic N) is 1. The maximum absolute atomic E-state index is 3.49. The Balaban J connectivity index is 2.70. The molecule has 0 fully saturated rings. The number of halogens is 1.